The molecule has 106 valence electrons. The van der Waals surface area contributed by atoms with Gasteiger partial charge in [-0.1, -0.05) is 12.8 Å². The molecule has 1 fully saturated rings. The van der Waals surface area contributed by atoms with Crippen LogP contribution in [0.3, 0.4) is 0 Å². The van der Waals surface area contributed by atoms with Crippen molar-refractivity contribution in [1.29, 1.82) is 0 Å². The molecule has 0 aromatic carbocycles. The molecule has 0 bridgehead atoms. The van der Waals surface area contributed by atoms with Gasteiger partial charge >= 0.3 is 16.3 Å². The zero-order valence-electron chi connectivity index (χ0n) is 10.4. The predicted octanol–water partition coefficient (Wildman–Crippen LogP) is 0.118. The van der Waals surface area contributed by atoms with Crippen LogP contribution in [-0.2, 0) is 14.9 Å². The molecule has 7 nitrogen and oxygen atoms in total. The van der Waals surface area contributed by atoms with Crippen molar-refractivity contribution in [3.05, 3.63) is 0 Å². The molecule has 1 aliphatic rings. The van der Waals surface area contributed by atoms with Gasteiger partial charge in [-0.05, 0) is 25.7 Å². The molecule has 1 rings (SSSR count). The van der Waals surface area contributed by atoms with Gasteiger partial charge in [0.1, 0.15) is 0 Å². The van der Waals surface area contributed by atoms with Crippen LogP contribution in [0.25, 0.3) is 0 Å². The zero-order chi connectivity index (χ0) is 13.6. The van der Waals surface area contributed by atoms with Gasteiger partial charge in [0.25, 0.3) is 0 Å². The number of aliphatic hydroxyl groups excluding tert-OH is 1. The van der Waals surface area contributed by atoms with Crippen LogP contribution >= 0.6 is 0 Å². The number of ether oxygens (including phenoxy) is 1. The second-order valence-corrected chi connectivity index (χ2v) is 5.79. The molecule has 0 aromatic heterocycles. The van der Waals surface area contributed by atoms with E-state index in [1.165, 1.54) is 0 Å². The predicted molar refractivity (Wildman–Crippen MR) is 65.0 cm³/mol. The Hall–Kier alpha value is -0.860. The molecule has 0 saturated heterocycles. The van der Waals surface area contributed by atoms with Gasteiger partial charge in [-0.15, -0.1) is 0 Å². The van der Waals surface area contributed by atoms with Crippen LogP contribution in [0.1, 0.15) is 32.6 Å². The van der Waals surface area contributed by atoms with Crippen LogP contribution in [0.2, 0.25) is 0 Å². The first-order chi connectivity index (χ1) is 8.44. The van der Waals surface area contributed by atoms with E-state index in [0.717, 1.165) is 19.3 Å². The maximum Gasteiger partial charge on any atom is 0.421 e. The summed E-state index contributed by atoms with van der Waals surface area (Å²) in [6.45, 7) is 1.80. The summed E-state index contributed by atoms with van der Waals surface area (Å²) in [5.74, 6) is -0.0995. The minimum Gasteiger partial charge on any atom is -0.449 e. The molecular weight excluding hydrogens is 260 g/mol. The van der Waals surface area contributed by atoms with E-state index in [1.54, 1.807) is 11.6 Å². The van der Waals surface area contributed by atoms with E-state index in [-0.39, 0.29) is 19.1 Å². The van der Waals surface area contributed by atoms with Crippen LogP contribution in [0, 0.1) is 5.92 Å². The van der Waals surface area contributed by atoms with Crippen molar-refractivity contribution in [3.8, 4) is 0 Å². The summed E-state index contributed by atoms with van der Waals surface area (Å²) < 4.78 is 31.4. The molecule has 18 heavy (non-hydrogen) atoms. The van der Waals surface area contributed by atoms with E-state index in [9.17, 15) is 18.3 Å². The summed E-state index contributed by atoms with van der Waals surface area (Å²) in [7, 11) is -3.91. The van der Waals surface area contributed by atoms with Crippen molar-refractivity contribution in [2.24, 2.45) is 5.92 Å². The first kappa shape index (κ1) is 15.2. The van der Waals surface area contributed by atoms with Gasteiger partial charge in [0.15, 0.2) is 0 Å². The van der Waals surface area contributed by atoms with Crippen LogP contribution in [0.15, 0.2) is 0 Å². The number of carbonyl (C=O) groups is 1. The third-order valence-corrected chi connectivity index (χ3v) is 3.88. The lowest BCUT2D eigenvalue weighted by atomic mass is 9.87. The fourth-order valence-electron chi connectivity index (χ4n) is 1.95. The SMILES string of the molecule is CCOC(=O)NS(=O)(=O)NCC1CCCCC1O. The number of hydrogen-bond donors (Lipinski definition) is 3. The summed E-state index contributed by atoms with van der Waals surface area (Å²) in [6.07, 6.45) is 1.93. The summed E-state index contributed by atoms with van der Waals surface area (Å²) >= 11 is 0. The molecule has 0 heterocycles. The molecule has 0 radical (unpaired) electrons. The topological polar surface area (TPSA) is 105 Å². The standard InChI is InChI=1S/C10H20N2O5S/c1-2-17-10(14)12-18(15,16)11-7-8-5-3-4-6-9(8)13/h8-9,11,13H,2-7H2,1H3,(H,12,14). The summed E-state index contributed by atoms with van der Waals surface area (Å²) in [6, 6.07) is 0. The average Bonchev–Trinajstić information content (AvgIpc) is 2.27. The lowest BCUT2D eigenvalue weighted by molar-refractivity contribution is 0.0724. The Morgan fingerprint density at radius 3 is 2.67 bits per heavy atom. The average molecular weight is 280 g/mol. The van der Waals surface area contributed by atoms with Gasteiger partial charge in [-0.25, -0.2) is 9.52 Å². The van der Waals surface area contributed by atoms with E-state index in [2.05, 4.69) is 9.46 Å². The van der Waals surface area contributed by atoms with Gasteiger partial charge in [-0.3, -0.25) is 0 Å². The van der Waals surface area contributed by atoms with Crippen LogP contribution in [0.5, 0.6) is 0 Å². The van der Waals surface area contributed by atoms with Crippen molar-refractivity contribution in [2.75, 3.05) is 13.2 Å². The highest BCUT2D eigenvalue weighted by Gasteiger charge is 2.25. The highest BCUT2D eigenvalue weighted by molar-refractivity contribution is 7.88. The highest BCUT2D eigenvalue weighted by atomic mass is 32.2. The maximum absolute atomic E-state index is 11.5. The van der Waals surface area contributed by atoms with Gasteiger partial charge in [-0.2, -0.15) is 13.1 Å². The van der Waals surface area contributed by atoms with E-state index in [0.29, 0.717) is 6.42 Å². The molecule has 0 aromatic rings. The summed E-state index contributed by atoms with van der Waals surface area (Å²) in [5.41, 5.74) is 0. The van der Waals surface area contributed by atoms with Gasteiger partial charge in [0, 0.05) is 6.54 Å². The zero-order valence-corrected chi connectivity index (χ0v) is 11.2. The van der Waals surface area contributed by atoms with Gasteiger partial charge < -0.3 is 9.84 Å². The Balaban J connectivity index is 2.38. The first-order valence-electron chi connectivity index (χ1n) is 6.07. The molecule has 2 atom stereocenters. The molecule has 8 heteroatoms. The smallest absolute Gasteiger partial charge is 0.421 e. The molecule has 1 amide bonds. The molecule has 0 aliphatic heterocycles. The minimum absolute atomic E-state index is 0.0995. The normalized spacial score (nSPS) is 24.6. The third-order valence-electron chi connectivity index (χ3n) is 2.90. The van der Waals surface area contributed by atoms with E-state index in [4.69, 9.17) is 0 Å². The first-order valence-corrected chi connectivity index (χ1v) is 7.55. The number of nitrogens with one attached hydrogen (secondary N) is 2. The number of hydrogen-bond acceptors (Lipinski definition) is 5. The number of rotatable bonds is 5. The lowest BCUT2D eigenvalue weighted by Crippen LogP contribution is -2.44. The number of carbonyl (C=O) groups excluding carboxylic acids is 1. The third kappa shape index (κ3) is 5.19. The summed E-state index contributed by atoms with van der Waals surface area (Å²) in [5, 5.41) is 9.69. The van der Waals surface area contributed by atoms with E-state index in [1.807, 2.05) is 0 Å². The fraction of sp³-hybridized carbons (Fsp3) is 0.900. The Kier molecular flexibility index (Phi) is 5.83. The Morgan fingerprint density at radius 2 is 2.06 bits per heavy atom. The number of amides is 1. The van der Waals surface area contributed by atoms with E-state index < -0.39 is 22.4 Å². The molecule has 1 saturated carbocycles. The van der Waals surface area contributed by atoms with Crippen molar-refractivity contribution >= 4 is 16.3 Å². The van der Waals surface area contributed by atoms with Crippen LogP contribution < -0.4 is 9.44 Å². The maximum atomic E-state index is 11.5. The second-order valence-electron chi connectivity index (χ2n) is 4.29. The van der Waals surface area contributed by atoms with Crippen molar-refractivity contribution in [3.63, 3.8) is 0 Å². The van der Waals surface area contributed by atoms with Gasteiger partial charge in [0.2, 0.25) is 0 Å². The monoisotopic (exact) mass is 280 g/mol. The van der Waals surface area contributed by atoms with Crippen molar-refractivity contribution in [2.45, 2.75) is 38.7 Å². The molecule has 0 spiro atoms. The van der Waals surface area contributed by atoms with Gasteiger partial charge in [0.05, 0.1) is 12.7 Å². The second kappa shape index (κ2) is 6.91. The lowest BCUT2D eigenvalue weighted by Gasteiger charge is -2.27. The Bertz CT molecular complexity index is 370. The highest BCUT2D eigenvalue weighted by Crippen LogP contribution is 2.23. The molecule has 2 unspecified atom stereocenters. The Morgan fingerprint density at radius 1 is 1.39 bits per heavy atom. The largest absolute Gasteiger partial charge is 0.449 e. The Labute approximate surface area is 107 Å². The minimum atomic E-state index is -3.91. The number of aliphatic hydroxyl groups is 1. The van der Waals surface area contributed by atoms with Crippen molar-refractivity contribution < 1.29 is 23.1 Å². The molecule has 3 N–H and O–H groups in total. The van der Waals surface area contributed by atoms with Crippen molar-refractivity contribution in [1.82, 2.24) is 9.44 Å². The van der Waals surface area contributed by atoms with Crippen LogP contribution in [0.4, 0.5) is 4.79 Å². The quantitative estimate of drug-likeness (QED) is 0.663. The molecule has 1 aliphatic carbocycles. The van der Waals surface area contributed by atoms with E-state index >= 15 is 0 Å². The molecular formula is C10H20N2O5S. The fourth-order valence-corrected chi connectivity index (χ4v) is 2.73. The summed E-state index contributed by atoms with van der Waals surface area (Å²) in [4.78, 5) is 11.0. The van der Waals surface area contributed by atoms with Crippen LogP contribution in [-0.4, -0.2) is 38.9 Å².